The van der Waals surface area contributed by atoms with Gasteiger partial charge in [0.2, 0.25) is 18.9 Å². The molecule has 0 fully saturated rings. The predicted octanol–water partition coefficient (Wildman–Crippen LogP) is -0.826. The van der Waals surface area contributed by atoms with Crippen molar-refractivity contribution in [3.05, 3.63) is 144 Å². The molecule has 20 nitrogen and oxygen atoms in total. The Morgan fingerprint density at radius 1 is 0.778 bits per heavy atom. The number of hydrogen-bond acceptors (Lipinski definition) is 16. The fourth-order valence-corrected chi connectivity index (χ4v) is 3.81. The summed E-state index contributed by atoms with van der Waals surface area (Å²) in [5, 5.41) is 61.3. The van der Waals surface area contributed by atoms with E-state index in [4.69, 9.17) is 21.1 Å². The Morgan fingerprint density at radius 2 is 1.30 bits per heavy atom. The normalized spacial score (nSPS) is 9.96. The van der Waals surface area contributed by atoms with Crippen LogP contribution in [0.25, 0.3) is 21.8 Å². The van der Waals surface area contributed by atoms with Gasteiger partial charge in [-0.05, 0) is 47.0 Å². The number of nitro groups is 3. The molecular weight excluding hydrogens is 725 g/mol. The number of hydrogen-bond donors (Lipinski definition) is 5. The van der Waals surface area contributed by atoms with Gasteiger partial charge in [0.25, 0.3) is 5.69 Å². The van der Waals surface area contributed by atoms with E-state index in [-0.39, 0.29) is 80.8 Å². The van der Waals surface area contributed by atoms with Crippen molar-refractivity contribution < 1.29 is 80.9 Å². The maximum atomic E-state index is 10.5. The molecule has 0 unspecified atom stereocenters. The molecule has 5 rings (SSSR count). The number of pyridine rings is 2. The summed E-state index contributed by atoms with van der Waals surface area (Å²) in [7, 11) is 0. The fourth-order valence-electron chi connectivity index (χ4n) is 3.81. The Morgan fingerprint density at radius 3 is 1.74 bits per heavy atom. The van der Waals surface area contributed by atoms with Crippen molar-refractivity contribution in [3.8, 4) is 0 Å². The van der Waals surface area contributed by atoms with Crippen LogP contribution >= 0.6 is 0 Å². The van der Waals surface area contributed by atoms with Gasteiger partial charge in [0.05, 0.1) is 58.8 Å². The van der Waals surface area contributed by atoms with E-state index in [2.05, 4.69) is 15.3 Å². The van der Waals surface area contributed by atoms with Gasteiger partial charge in [-0.25, -0.2) is 4.98 Å². The van der Waals surface area contributed by atoms with Gasteiger partial charge < -0.3 is 33.3 Å². The second-order valence-electron chi connectivity index (χ2n) is 10.1. The summed E-state index contributed by atoms with van der Waals surface area (Å²) in [5.74, 6) is 0. The first-order chi connectivity index (χ1) is 24.9. The first-order valence-corrected chi connectivity index (χ1v) is 14.6. The fraction of sp³-hybridized carbons (Fsp3) is 0.121. The number of carbonyl (C=O) groups is 3. The molecule has 2 heterocycles. The number of aldehydes is 3. The monoisotopic (exact) mass is 759 g/mol. The molecule has 0 saturated carbocycles. The van der Waals surface area contributed by atoms with E-state index in [1.54, 1.807) is 48.7 Å². The number of nitrogens with one attached hydrogen (secondary N) is 1. The number of aliphatic hydroxyl groups is 3. The molecule has 0 saturated heterocycles. The molecular formula is C33H34N7NaO13. The zero-order chi connectivity index (χ0) is 38.6. The second-order valence-corrected chi connectivity index (χ2v) is 10.1. The molecule has 0 radical (unpaired) electrons. The van der Waals surface area contributed by atoms with Crippen LogP contribution in [0, 0.1) is 30.3 Å². The molecule has 280 valence electrons. The van der Waals surface area contributed by atoms with Gasteiger partial charge in [-0.2, -0.15) is 0 Å². The minimum atomic E-state index is -1.69. The first kappa shape index (κ1) is 47.9. The quantitative estimate of drug-likeness (QED) is 0.0274. The zero-order valence-corrected chi connectivity index (χ0v) is 30.4. The predicted molar refractivity (Wildman–Crippen MR) is 191 cm³/mol. The summed E-state index contributed by atoms with van der Waals surface area (Å²) in [4.78, 5) is 65.5. The Bertz CT molecular complexity index is 2080. The van der Waals surface area contributed by atoms with Crippen LogP contribution in [-0.2, 0) is 34.2 Å². The van der Waals surface area contributed by atoms with Gasteiger partial charge in [-0.3, -0.25) is 49.7 Å². The summed E-state index contributed by atoms with van der Waals surface area (Å²) < 4.78 is 0. The molecule has 0 spiro atoms. The van der Waals surface area contributed by atoms with Crippen molar-refractivity contribution in [1.82, 2.24) is 9.97 Å². The molecule has 0 aliphatic carbocycles. The number of aliphatic hydroxyl groups excluding tert-OH is 3. The number of allylic oxidation sites excluding steroid dienone is 1. The number of nitrogens with two attached hydrogens (primary N) is 1. The average Bonchev–Trinajstić information content (AvgIpc) is 3.15. The molecule has 0 aliphatic rings. The Kier molecular flexibility index (Phi) is 22.1. The third-order valence-electron chi connectivity index (χ3n) is 6.43. The summed E-state index contributed by atoms with van der Waals surface area (Å²) in [6.07, 6.45) is 3.94. The minimum absolute atomic E-state index is 0. The van der Waals surface area contributed by atoms with E-state index in [0.29, 0.717) is 27.8 Å². The molecule has 0 atom stereocenters. The Hall–Kier alpha value is -6.13. The van der Waals surface area contributed by atoms with E-state index >= 15 is 0 Å². The Labute approximate surface area is 328 Å². The Balaban J connectivity index is 0. The van der Waals surface area contributed by atoms with Crippen molar-refractivity contribution in [2.45, 2.75) is 25.9 Å². The van der Waals surface area contributed by atoms with Gasteiger partial charge in [0.1, 0.15) is 6.20 Å². The smallest absolute Gasteiger partial charge is 1.00 e. The number of benzene rings is 3. The van der Waals surface area contributed by atoms with E-state index in [1.165, 1.54) is 12.3 Å². The van der Waals surface area contributed by atoms with Crippen LogP contribution in [0.2, 0.25) is 0 Å². The van der Waals surface area contributed by atoms with E-state index in [9.17, 15) is 44.7 Å². The number of nitrogen functional groups attached to an aromatic ring is 1. The van der Waals surface area contributed by atoms with Gasteiger partial charge in [0.15, 0.2) is 0 Å². The van der Waals surface area contributed by atoms with Crippen molar-refractivity contribution in [1.29, 1.82) is 0 Å². The van der Waals surface area contributed by atoms with Crippen molar-refractivity contribution >= 4 is 57.7 Å². The zero-order valence-electron chi connectivity index (χ0n) is 29.4. The molecule has 54 heavy (non-hydrogen) atoms. The summed E-state index contributed by atoms with van der Waals surface area (Å²) in [6, 6.07) is 19.1. The number of anilines is 2. The second kappa shape index (κ2) is 24.9. The average molecular weight is 760 g/mol. The third-order valence-corrected chi connectivity index (χ3v) is 6.43. The van der Waals surface area contributed by atoms with E-state index in [1.807, 2.05) is 24.3 Å². The van der Waals surface area contributed by atoms with Crippen LogP contribution in [0.15, 0.2) is 97.1 Å². The number of fused-ring (bicyclic) bond motifs is 2. The van der Waals surface area contributed by atoms with Crippen LogP contribution in [-0.4, -0.2) is 70.4 Å². The number of carbonyl (C=O) groups excluding carboxylic acids is 3. The molecule has 0 aliphatic heterocycles. The van der Waals surface area contributed by atoms with Gasteiger partial charge in [-0.1, -0.05) is 36.4 Å². The molecule has 21 heteroatoms. The van der Waals surface area contributed by atoms with Crippen LogP contribution in [0.1, 0.15) is 18.1 Å². The van der Waals surface area contributed by atoms with Crippen LogP contribution in [0.4, 0.5) is 17.1 Å². The summed E-state index contributed by atoms with van der Waals surface area (Å²) in [5.41, 5.74) is 10.00. The standard InChI is InChI=1S/C10H10N2O4.C10H8N2O3.C10H10N2O.C3H3NO4.Na.H2O.H/c13-6-8-2-1-3-9(4-8)11-5-10(7-14)12(15)16;13-6-7-1-2-8-4-9(12(14)15)5-11-10(8)3-7;11-9-4-8-2-1-7(6-13)3-10(8)12-5-9;5-1-3(2-6)4(7)8;;;/h1-5,7,11,13H,6H2;1-5,13H,6H2;1-5,13H,6,11H2;1-3H;;1H2;/q;;;;+1;;-1/b10-5-;;;;;;. The van der Waals surface area contributed by atoms with Crippen molar-refractivity contribution in [3.63, 3.8) is 0 Å². The third kappa shape index (κ3) is 15.6. The molecule has 8 N–H and O–H groups in total. The molecule has 2 aromatic heterocycles. The number of nitrogens with zero attached hydrogens (tertiary/aromatic N) is 5. The summed E-state index contributed by atoms with van der Waals surface area (Å²) >= 11 is 0. The number of aromatic nitrogens is 2. The molecule has 5 aromatic rings. The van der Waals surface area contributed by atoms with Crippen LogP contribution in [0.3, 0.4) is 0 Å². The van der Waals surface area contributed by atoms with Crippen molar-refractivity contribution in [2.75, 3.05) is 11.1 Å². The minimum Gasteiger partial charge on any atom is -1.00 e. The molecule has 0 amide bonds. The molecule has 0 bridgehead atoms. The maximum absolute atomic E-state index is 10.5. The van der Waals surface area contributed by atoms with Crippen LogP contribution in [0.5, 0.6) is 0 Å². The summed E-state index contributed by atoms with van der Waals surface area (Å²) in [6.45, 7) is -0.133. The van der Waals surface area contributed by atoms with E-state index < -0.39 is 26.5 Å². The molecule has 3 aromatic carbocycles. The van der Waals surface area contributed by atoms with Crippen molar-refractivity contribution in [2.24, 2.45) is 0 Å². The first-order valence-electron chi connectivity index (χ1n) is 14.6. The largest absolute Gasteiger partial charge is 1.00 e. The van der Waals surface area contributed by atoms with Gasteiger partial charge >= 0.3 is 41.3 Å². The topological polar surface area (TPSA) is 337 Å². The SMILES string of the molecule is Nc1cnc2cc(CO)ccc2c1.O.O=C/C(=C/Nc1cccc(CO)c1)[N+](=O)[O-].O=CC(C=O)[N+](=O)[O-].O=[N+]([O-])c1cnc2cc(CO)ccc2c1.[H-].[Na+]. The van der Waals surface area contributed by atoms with E-state index in [0.717, 1.165) is 28.2 Å². The van der Waals surface area contributed by atoms with Gasteiger partial charge in [0, 0.05) is 27.4 Å². The van der Waals surface area contributed by atoms with Crippen LogP contribution < -0.4 is 40.6 Å². The van der Waals surface area contributed by atoms with Gasteiger partial charge in [-0.15, -0.1) is 0 Å². The maximum Gasteiger partial charge on any atom is 1.00 e. The number of rotatable bonds is 11.